The highest BCUT2D eigenvalue weighted by atomic mass is 16.3. The van der Waals surface area contributed by atoms with Crippen molar-refractivity contribution in [3.05, 3.63) is 23.3 Å². The van der Waals surface area contributed by atoms with Crippen molar-refractivity contribution >= 4 is 5.69 Å². The maximum atomic E-state index is 10.0. The van der Waals surface area contributed by atoms with Crippen molar-refractivity contribution in [2.75, 3.05) is 19.0 Å². The van der Waals surface area contributed by atoms with Gasteiger partial charge < -0.3 is 10.0 Å². The molecule has 1 rings (SSSR count). The van der Waals surface area contributed by atoms with E-state index in [0.717, 1.165) is 16.8 Å². The summed E-state index contributed by atoms with van der Waals surface area (Å²) < 4.78 is 0. The van der Waals surface area contributed by atoms with Gasteiger partial charge in [0.25, 0.3) is 0 Å². The van der Waals surface area contributed by atoms with Gasteiger partial charge in [0.1, 0.15) is 5.75 Å². The number of nitrogens with zero attached hydrogens (tertiary/aromatic N) is 1. The van der Waals surface area contributed by atoms with Crippen LogP contribution in [0.5, 0.6) is 5.75 Å². The summed E-state index contributed by atoms with van der Waals surface area (Å²) in [6.45, 7) is 8.35. The van der Waals surface area contributed by atoms with Gasteiger partial charge in [0.15, 0.2) is 0 Å². The van der Waals surface area contributed by atoms with Crippen molar-refractivity contribution in [2.45, 2.75) is 33.1 Å². The molecule has 84 valence electrons. The summed E-state index contributed by atoms with van der Waals surface area (Å²) in [5, 5.41) is 10.0. The average molecular weight is 207 g/mol. The van der Waals surface area contributed by atoms with Gasteiger partial charge in [-0.05, 0) is 30.0 Å². The zero-order valence-electron chi connectivity index (χ0n) is 10.5. The van der Waals surface area contributed by atoms with Crippen LogP contribution in [0.25, 0.3) is 0 Å². The van der Waals surface area contributed by atoms with Crippen molar-refractivity contribution in [2.24, 2.45) is 0 Å². The molecule has 1 aromatic rings. The summed E-state index contributed by atoms with van der Waals surface area (Å²) in [7, 11) is 4.01. The van der Waals surface area contributed by atoms with Gasteiger partial charge in [0.05, 0.1) is 0 Å². The lowest BCUT2D eigenvalue weighted by Crippen LogP contribution is -2.19. The molecule has 15 heavy (non-hydrogen) atoms. The van der Waals surface area contributed by atoms with Crippen molar-refractivity contribution in [1.82, 2.24) is 0 Å². The Hall–Kier alpha value is -1.18. The standard InChI is InChI=1S/C13H21NO/c1-9-7-10(14(5)6)12(11(15)8-9)13(2,3)4/h7-8,15H,1-6H3. The Kier molecular flexibility index (Phi) is 2.98. The SMILES string of the molecule is Cc1cc(O)c(C(C)(C)C)c(N(C)C)c1. The highest BCUT2D eigenvalue weighted by Crippen LogP contribution is 2.38. The lowest BCUT2D eigenvalue weighted by Gasteiger charge is -2.28. The van der Waals surface area contributed by atoms with Gasteiger partial charge in [-0.3, -0.25) is 0 Å². The fraction of sp³-hybridized carbons (Fsp3) is 0.538. The van der Waals surface area contributed by atoms with E-state index in [-0.39, 0.29) is 5.41 Å². The smallest absolute Gasteiger partial charge is 0.121 e. The molecular weight excluding hydrogens is 186 g/mol. The zero-order valence-corrected chi connectivity index (χ0v) is 10.5. The molecule has 1 N–H and O–H groups in total. The molecule has 0 saturated carbocycles. The molecule has 0 spiro atoms. The summed E-state index contributed by atoms with van der Waals surface area (Å²) >= 11 is 0. The maximum Gasteiger partial charge on any atom is 0.121 e. The molecule has 0 heterocycles. The highest BCUT2D eigenvalue weighted by Gasteiger charge is 2.23. The number of hydrogen-bond donors (Lipinski definition) is 1. The van der Waals surface area contributed by atoms with Gasteiger partial charge in [0, 0.05) is 25.3 Å². The monoisotopic (exact) mass is 207 g/mol. The molecule has 0 atom stereocenters. The summed E-state index contributed by atoms with van der Waals surface area (Å²) in [6.07, 6.45) is 0. The minimum Gasteiger partial charge on any atom is -0.508 e. The first-order chi connectivity index (χ1) is 6.73. The summed E-state index contributed by atoms with van der Waals surface area (Å²) in [5.74, 6) is 0.395. The van der Waals surface area contributed by atoms with Crippen LogP contribution in [0.2, 0.25) is 0 Å². The van der Waals surface area contributed by atoms with Crippen LogP contribution in [0.1, 0.15) is 31.9 Å². The number of rotatable bonds is 1. The quantitative estimate of drug-likeness (QED) is 0.765. The summed E-state index contributed by atoms with van der Waals surface area (Å²) in [5.41, 5.74) is 3.15. The number of hydrogen-bond acceptors (Lipinski definition) is 2. The molecule has 0 aromatic heterocycles. The minimum absolute atomic E-state index is 0.0443. The van der Waals surface area contributed by atoms with Gasteiger partial charge in [-0.15, -0.1) is 0 Å². The zero-order chi connectivity index (χ0) is 11.8. The Balaban J connectivity index is 3.48. The predicted octanol–water partition coefficient (Wildman–Crippen LogP) is 3.06. The Morgan fingerprint density at radius 3 is 2.07 bits per heavy atom. The second-order valence-corrected chi connectivity index (χ2v) is 5.32. The van der Waals surface area contributed by atoms with Crippen LogP contribution in [0, 0.1) is 6.92 Å². The topological polar surface area (TPSA) is 23.5 Å². The molecule has 0 unspecified atom stereocenters. The van der Waals surface area contributed by atoms with Gasteiger partial charge in [0.2, 0.25) is 0 Å². The van der Waals surface area contributed by atoms with Crippen LogP contribution in [0.4, 0.5) is 5.69 Å². The van der Waals surface area contributed by atoms with Crippen molar-refractivity contribution < 1.29 is 5.11 Å². The van der Waals surface area contributed by atoms with Gasteiger partial charge in [-0.25, -0.2) is 0 Å². The number of aromatic hydroxyl groups is 1. The Morgan fingerprint density at radius 2 is 1.67 bits per heavy atom. The van der Waals surface area contributed by atoms with E-state index in [1.54, 1.807) is 0 Å². The fourth-order valence-electron chi connectivity index (χ4n) is 1.87. The number of benzene rings is 1. The van der Waals surface area contributed by atoms with Gasteiger partial charge in [-0.2, -0.15) is 0 Å². The number of aryl methyl sites for hydroxylation is 1. The third kappa shape index (κ3) is 2.44. The third-order valence-corrected chi connectivity index (χ3v) is 2.47. The van der Waals surface area contributed by atoms with E-state index < -0.39 is 0 Å². The van der Waals surface area contributed by atoms with E-state index in [1.807, 2.05) is 32.0 Å². The Labute approximate surface area is 92.5 Å². The molecule has 2 nitrogen and oxygen atoms in total. The number of phenols is 1. The lowest BCUT2D eigenvalue weighted by molar-refractivity contribution is 0.446. The molecule has 0 aliphatic heterocycles. The molecule has 0 aliphatic rings. The minimum atomic E-state index is -0.0443. The Morgan fingerprint density at radius 1 is 1.13 bits per heavy atom. The first kappa shape index (κ1) is 11.9. The van der Waals surface area contributed by atoms with Gasteiger partial charge in [-0.1, -0.05) is 20.8 Å². The normalized spacial score (nSPS) is 11.6. The fourth-order valence-corrected chi connectivity index (χ4v) is 1.87. The molecule has 1 aromatic carbocycles. The number of phenolic OH excluding ortho intramolecular Hbond substituents is 1. The average Bonchev–Trinajstić information content (AvgIpc) is 1.99. The van der Waals surface area contributed by atoms with Crippen molar-refractivity contribution in [3.8, 4) is 5.75 Å². The van der Waals surface area contributed by atoms with Crippen LogP contribution in [0.15, 0.2) is 12.1 Å². The van der Waals surface area contributed by atoms with Crippen LogP contribution in [0.3, 0.4) is 0 Å². The molecule has 0 bridgehead atoms. The van der Waals surface area contributed by atoms with Crippen LogP contribution in [-0.2, 0) is 5.41 Å². The van der Waals surface area contributed by atoms with E-state index in [0.29, 0.717) is 5.75 Å². The summed E-state index contributed by atoms with van der Waals surface area (Å²) in [4.78, 5) is 2.05. The lowest BCUT2D eigenvalue weighted by atomic mass is 9.84. The first-order valence-electron chi connectivity index (χ1n) is 5.25. The molecule has 2 heteroatoms. The second kappa shape index (κ2) is 3.76. The molecule has 0 fully saturated rings. The maximum absolute atomic E-state index is 10.0. The summed E-state index contributed by atoms with van der Waals surface area (Å²) in [6, 6.07) is 3.94. The number of anilines is 1. The molecule has 0 amide bonds. The molecule has 0 aliphatic carbocycles. The largest absolute Gasteiger partial charge is 0.508 e. The molecular formula is C13H21NO. The van der Waals surface area contributed by atoms with Crippen molar-refractivity contribution in [3.63, 3.8) is 0 Å². The van der Waals surface area contributed by atoms with Crippen LogP contribution >= 0.6 is 0 Å². The van der Waals surface area contributed by atoms with E-state index >= 15 is 0 Å². The van der Waals surface area contributed by atoms with Crippen LogP contribution in [-0.4, -0.2) is 19.2 Å². The van der Waals surface area contributed by atoms with E-state index in [2.05, 4.69) is 26.8 Å². The first-order valence-corrected chi connectivity index (χ1v) is 5.25. The van der Waals surface area contributed by atoms with Gasteiger partial charge >= 0.3 is 0 Å². The molecule has 0 radical (unpaired) electrons. The molecule has 0 saturated heterocycles. The highest BCUT2D eigenvalue weighted by molar-refractivity contribution is 5.62. The van der Waals surface area contributed by atoms with E-state index in [4.69, 9.17) is 0 Å². The Bertz CT molecular complexity index is 362. The third-order valence-electron chi connectivity index (χ3n) is 2.47. The van der Waals surface area contributed by atoms with E-state index in [1.165, 1.54) is 0 Å². The van der Waals surface area contributed by atoms with Crippen LogP contribution < -0.4 is 4.90 Å². The van der Waals surface area contributed by atoms with Crippen molar-refractivity contribution in [1.29, 1.82) is 0 Å². The predicted molar refractivity (Wildman–Crippen MR) is 65.9 cm³/mol. The van der Waals surface area contributed by atoms with E-state index in [9.17, 15) is 5.11 Å². The second-order valence-electron chi connectivity index (χ2n) is 5.32.